The quantitative estimate of drug-likeness (QED) is 0.501. The van der Waals surface area contributed by atoms with E-state index in [1.165, 1.54) is 36.0 Å². The second-order valence-electron chi connectivity index (χ2n) is 6.08. The zero-order valence-corrected chi connectivity index (χ0v) is 17.9. The van der Waals surface area contributed by atoms with Crippen LogP contribution >= 0.6 is 35.0 Å². The van der Waals surface area contributed by atoms with Crippen LogP contribution in [0.15, 0.2) is 47.6 Å². The second-order valence-corrected chi connectivity index (χ2v) is 7.86. The van der Waals surface area contributed by atoms with Crippen LogP contribution in [0.25, 0.3) is 0 Å². The van der Waals surface area contributed by atoms with E-state index in [2.05, 4.69) is 15.5 Å². The standard InChI is InChI=1S/C19H17Cl2FN4O2S/c1-11(28-16-9-12(20)3-8-15(16)21)18-24-25-19(26(18)2)29-10-17(27)23-14-6-4-13(22)5-7-14/h3-9,11H,10H2,1-2H3,(H,23,27). The molecule has 0 aliphatic heterocycles. The average Bonchev–Trinajstić information content (AvgIpc) is 3.05. The van der Waals surface area contributed by atoms with Crippen LogP contribution in [0.3, 0.4) is 0 Å². The van der Waals surface area contributed by atoms with Crippen LogP contribution in [0.4, 0.5) is 10.1 Å². The monoisotopic (exact) mass is 454 g/mol. The molecule has 0 radical (unpaired) electrons. The third-order valence-electron chi connectivity index (χ3n) is 3.89. The highest BCUT2D eigenvalue weighted by atomic mass is 35.5. The molecular weight excluding hydrogens is 438 g/mol. The molecule has 6 nitrogen and oxygen atoms in total. The molecule has 10 heteroatoms. The van der Waals surface area contributed by atoms with Gasteiger partial charge in [0.2, 0.25) is 5.91 Å². The molecule has 3 rings (SSSR count). The molecule has 1 aromatic heterocycles. The van der Waals surface area contributed by atoms with E-state index in [1.54, 1.807) is 29.8 Å². The largest absolute Gasteiger partial charge is 0.481 e. The molecule has 1 unspecified atom stereocenters. The van der Waals surface area contributed by atoms with Gasteiger partial charge in [-0.3, -0.25) is 4.79 Å². The molecule has 1 N–H and O–H groups in total. The van der Waals surface area contributed by atoms with Crippen molar-refractivity contribution in [2.45, 2.75) is 18.2 Å². The molecule has 0 aliphatic carbocycles. The van der Waals surface area contributed by atoms with Gasteiger partial charge in [-0.2, -0.15) is 0 Å². The topological polar surface area (TPSA) is 69.0 Å². The molecule has 0 spiro atoms. The number of rotatable bonds is 7. The van der Waals surface area contributed by atoms with Gasteiger partial charge >= 0.3 is 0 Å². The van der Waals surface area contributed by atoms with E-state index in [9.17, 15) is 9.18 Å². The summed E-state index contributed by atoms with van der Waals surface area (Å²) in [6, 6.07) is 10.5. The summed E-state index contributed by atoms with van der Waals surface area (Å²) in [7, 11) is 1.79. The van der Waals surface area contributed by atoms with Crippen LogP contribution in [0.1, 0.15) is 18.9 Å². The fraction of sp³-hybridized carbons (Fsp3) is 0.211. The van der Waals surface area contributed by atoms with Gasteiger partial charge in [-0.1, -0.05) is 35.0 Å². The Morgan fingerprint density at radius 3 is 2.69 bits per heavy atom. The Labute approximate surface area is 181 Å². The number of benzene rings is 2. The van der Waals surface area contributed by atoms with Crippen molar-refractivity contribution >= 4 is 46.6 Å². The number of halogens is 3. The Balaban J connectivity index is 1.60. The van der Waals surface area contributed by atoms with Crippen LogP contribution in [-0.4, -0.2) is 26.4 Å². The van der Waals surface area contributed by atoms with Gasteiger partial charge in [-0.05, 0) is 43.3 Å². The molecular formula is C19H17Cl2FN4O2S. The van der Waals surface area contributed by atoms with Crippen LogP contribution in [0.2, 0.25) is 10.0 Å². The molecule has 0 saturated heterocycles. The number of hydrogen-bond donors (Lipinski definition) is 1. The van der Waals surface area contributed by atoms with Crippen LogP contribution in [0.5, 0.6) is 5.75 Å². The van der Waals surface area contributed by atoms with Crippen LogP contribution < -0.4 is 10.1 Å². The third kappa shape index (κ3) is 5.62. The van der Waals surface area contributed by atoms with E-state index in [0.717, 1.165) is 0 Å². The SMILES string of the molecule is CC(Oc1cc(Cl)ccc1Cl)c1nnc(SCC(=O)Nc2ccc(F)cc2)n1C. The van der Waals surface area contributed by atoms with Crippen molar-refractivity contribution in [2.75, 3.05) is 11.1 Å². The summed E-state index contributed by atoms with van der Waals surface area (Å²) in [5, 5.41) is 12.5. The van der Waals surface area contributed by atoms with E-state index in [-0.39, 0.29) is 17.5 Å². The summed E-state index contributed by atoms with van der Waals surface area (Å²) in [6.07, 6.45) is -0.439. The Hall–Kier alpha value is -2.29. The normalized spacial score (nSPS) is 11.9. The zero-order chi connectivity index (χ0) is 21.0. The molecule has 0 saturated carbocycles. The minimum Gasteiger partial charge on any atom is -0.481 e. The van der Waals surface area contributed by atoms with Crippen LogP contribution in [0, 0.1) is 5.82 Å². The van der Waals surface area contributed by atoms with Gasteiger partial charge < -0.3 is 14.6 Å². The lowest BCUT2D eigenvalue weighted by Gasteiger charge is -2.15. The molecule has 2 aromatic carbocycles. The number of carbonyl (C=O) groups excluding carboxylic acids is 1. The average molecular weight is 455 g/mol. The van der Waals surface area contributed by atoms with Gasteiger partial charge in [0, 0.05) is 23.8 Å². The molecule has 0 bridgehead atoms. The highest BCUT2D eigenvalue weighted by Crippen LogP contribution is 2.31. The molecule has 0 aliphatic rings. The Bertz CT molecular complexity index is 1010. The van der Waals surface area contributed by atoms with Crippen LogP contribution in [-0.2, 0) is 11.8 Å². The summed E-state index contributed by atoms with van der Waals surface area (Å²) >= 11 is 13.4. The summed E-state index contributed by atoms with van der Waals surface area (Å²) < 4.78 is 20.5. The molecule has 0 fully saturated rings. The smallest absolute Gasteiger partial charge is 0.234 e. The first-order valence-electron chi connectivity index (χ1n) is 8.52. The molecule has 1 atom stereocenters. The Morgan fingerprint density at radius 2 is 1.97 bits per heavy atom. The first-order valence-corrected chi connectivity index (χ1v) is 10.3. The van der Waals surface area contributed by atoms with Gasteiger partial charge in [0.25, 0.3) is 0 Å². The fourth-order valence-corrected chi connectivity index (χ4v) is 3.52. The number of carbonyl (C=O) groups is 1. The molecule has 152 valence electrons. The summed E-state index contributed by atoms with van der Waals surface area (Å²) in [6.45, 7) is 1.82. The minimum absolute atomic E-state index is 0.124. The number of amides is 1. The third-order valence-corrected chi connectivity index (χ3v) is 5.46. The van der Waals surface area contributed by atoms with Gasteiger partial charge in [-0.25, -0.2) is 4.39 Å². The highest BCUT2D eigenvalue weighted by Gasteiger charge is 2.19. The van der Waals surface area contributed by atoms with Crippen molar-refractivity contribution in [3.05, 3.63) is 64.2 Å². The van der Waals surface area contributed by atoms with Crippen molar-refractivity contribution in [1.29, 1.82) is 0 Å². The maximum absolute atomic E-state index is 12.9. The first kappa shape index (κ1) is 21.4. The number of aromatic nitrogens is 3. The number of hydrogen-bond acceptors (Lipinski definition) is 5. The number of nitrogens with one attached hydrogen (secondary N) is 1. The summed E-state index contributed by atoms with van der Waals surface area (Å²) in [5.74, 6) is 0.546. The first-order chi connectivity index (χ1) is 13.8. The summed E-state index contributed by atoms with van der Waals surface area (Å²) in [5.41, 5.74) is 0.524. The van der Waals surface area contributed by atoms with Gasteiger partial charge in [-0.15, -0.1) is 10.2 Å². The zero-order valence-electron chi connectivity index (χ0n) is 15.5. The van der Waals surface area contributed by atoms with E-state index in [4.69, 9.17) is 27.9 Å². The predicted molar refractivity (Wildman–Crippen MR) is 112 cm³/mol. The molecule has 3 aromatic rings. The predicted octanol–water partition coefficient (Wildman–Crippen LogP) is 5.13. The van der Waals surface area contributed by atoms with E-state index in [0.29, 0.717) is 32.5 Å². The lowest BCUT2D eigenvalue weighted by atomic mass is 10.3. The van der Waals surface area contributed by atoms with Gasteiger partial charge in [0.1, 0.15) is 11.6 Å². The number of ether oxygens (including phenoxy) is 1. The van der Waals surface area contributed by atoms with Gasteiger partial charge in [0.15, 0.2) is 17.1 Å². The fourth-order valence-electron chi connectivity index (χ4n) is 2.48. The van der Waals surface area contributed by atoms with E-state index in [1.807, 2.05) is 6.92 Å². The minimum atomic E-state index is -0.439. The molecule has 29 heavy (non-hydrogen) atoms. The van der Waals surface area contributed by atoms with E-state index < -0.39 is 6.10 Å². The Morgan fingerprint density at radius 1 is 1.24 bits per heavy atom. The van der Waals surface area contributed by atoms with Crippen molar-refractivity contribution in [3.63, 3.8) is 0 Å². The van der Waals surface area contributed by atoms with Crippen molar-refractivity contribution < 1.29 is 13.9 Å². The Kier molecular flexibility index (Phi) is 7.00. The number of nitrogens with zero attached hydrogens (tertiary/aromatic N) is 3. The molecule has 1 amide bonds. The maximum Gasteiger partial charge on any atom is 0.234 e. The second kappa shape index (κ2) is 9.47. The van der Waals surface area contributed by atoms with E-state index >= 15 is 0 Å². The van der Waals surface area contributed by atoms with Crippen molar-refractivity contribution in [3.8, 4) is 5.75 Å². The van der Waals surface area contributed by atoms with Crippen molar-refractivity contribution in [2.24, 2.45) is 7.05 Å². The highest BCUT2D eigenvalue weighted by molar-refractivity contribution is 7.99. The maximum atomic E-state index is 12.9. The molecule has 1 heterocycles. The van der Waals surface area contributed by atoms with Gasteiger partial charge in [0.05, 0.1) is 10.8 Å². The number of thioether (sulfide) groups is 1. The summed E-state index contributed by atoms with van der Waals surface area (Å²) in [4.78, 5) is 12.1. The lowest BCUT2D eigenvalue weighted by molar-refractivity contribution is -0.113. The lowest BCUT2D eigenvalue weighted by Crippen LogP contribution is -2.15. The van der Waals surface area contributed by atoms with Crippen molar-refractivity contribution in [1.82, 2.24) is 14.8 Å². The number of anilines is 1.